The van der Waals surface area contributed by atoms with Crippen LogP contribution in [0.3, 0.4) is 0 Å². The Morgan fingerprint density at radius 3 is 1.93 bits per heavy atom. The van der Waals surface area contributed by atoms with E-state index in [1.165, 1.54) is 6.42 Å². The summed E-state index contributed by atoms with van der Waals surface area (Å²) in [5.74, 6) is -0.848. The smallest absolute Gasteiger partial charge is 0.337 e. The lowest BCUT2D eigenvalue weighted by Crippen LogP contribution is -2.67. The fourth-order valence-corrected chi connectivity index (χ4v) is 13.8. The molecule has 330 valence electrons. The highest BCUT2D eigenvalue weighted by atomic mass is 16.8. The number of ether oxygens (including phenoxy) is 6. The first-order valence-corrected chi connectivity index (χ1v) is 21.5. The van der Waals surface area contributed by atoms with E-state index in [1.54, 1.807) is 5.57 Å². The van der Waals surface area contributed by atoms with Crippen LogP contribution in [0.5, 0.6) is 0 Å². The molecule has 7 rings (SSSR count). The first kappa shape index (κ1) is 44.3. The van der Waals surface area contributed by atoms with Gasteiger partial charge in [-0.3, -0.25) is 0 Å². The van der Waals surface area contributed by atoms with Gasteiger partial charge in [-0.05, 0) is 114 Å². The molecule has 14 nitrogen and oxygen atoms in total. The zero-order valence-corrected chi connectivity index (χ0v) is 35.9. The Balaban J connectivity index is 1.15. The van der Waals surface area contributed by atoms with Crippen molar-refractivity contribution in [2.45, 2.75) is 180 Å². The second kappa shape index (κ2) is 15.3. The Hall–Kier alpha value is -1.72. The molecule has 58 heavy (non-hydrogen) atoms. The van der Waals surface area contributed by atoms with Crippen LogP contribution in [0.25, 0.3) is 0 Å². The fraction of sp³-hybridized carbons (Fsp3) is 0.909. The molecule has 19 atom stereocenters. The molecule has 2 heterocycles. The number of carbonyl (C=O) groups is 2. The molecule has 6 fully saturated rings. The first-order valence-electron chi connectivity index (χ1n) is 21.5. The highest BCUT2D eigenvalue weighted by Crippen LogP contribution is 2.76. The highest BCUT2D eigenvalue weighted by Gasteiger charge is 2.68. The molecule has 2 aliphatic heterocycles. The summed E-state index contributed by atoms with van der Waals surface area (Å²) in [6, 6.07) is 0. The number of rotatable bonds is 7. The predicted octanol–water partition coefficient (Wildman–Crippen LogP) is 3.15. The molecule has 14 heteroatoms. The standard InChI is InChI=1S/C44H70O14/c1-39(2)24-12-15-44(7)25(11-10-22-23-20-40(3,21-45)16-17-41(23,4)18-19-43(22,44)6)42(24,5)14-13-26(39)55-38-34(30(49)29(48)33(57-38)36(52)54-9)58-37-31(50)27(46)28(47)32(56-37)35(51)53-8/h10,23-34,37-38,45-50H,11-21H2,1-9H3/t23-,24-,25+,26-,27-,28-,29-,30-,31+,32-,33-,34+,37-,38+,40-,41+,42-,43+,44+/m0/s1. The van der Waals surface area contributed by atoms with Gasteiger partial charge in [0.2, 0.25) is 0 Å². The maximum Gasteiger partial charge on any atom is 0.337 e. The predicted molar refractivity (Wildman–Crippen MR) is 207 cm³/mol. The lowest BCUT2D eigenvalue weighted by Gasteiger charge is -2.71. The monoisotopic (exact) mass is 822 g/mol. The quantitative estimate of drug-likeness (QED) is 0.124. The summed E-state index contributed by atoms with van der Waals surface area (Å²) in [7, 11) is 2.20. The Labute approximate surface area is 342 Å². The van der Waals surface area contributed by atoms with Gasteiger partial charge < -0.3 is 59.1 Å². The third-order valence-corrected chi connectivity index (χ3v) is 17.8. The van der Waals surface area contributed by atoms with E-state index in [0.29, 0.717) is 18.3 Å². The lowest BCUT2D eigenvalue weighted by molar-refractivity contribution is -0.371. The lowest BCUT2D eigenvalue weighted by atomic mass is 9.33. The number of allylic oxidation sites excluding steroid dienone is 2. The molecule has 6 N–H and O–H groups in total. The number of hydrogen-bond donors (Lipinski definition) is 6. The van der Waals surface area contributed by atoms with Crippen molar-refractivity contribution in [1.82, 2.24) is 0 Å². The van der Waals surface area contributed by atoms with Crippen LogP contribution in [0, 0.1) is 50.2 Å². The summed E-state index contributed by atoms with van der Waals surface area (Å²) in [6.07, 6.45) is -5.24. The Kier molecular flexibility index (Phi) is 11.7. The molecule has 0 amide bonds. The largest absolute Gasteiger partial charge is 0.467 e. The minimum absolute atomic E-state index is 0.0399. The van der Waals surface area contributed by atoms with Gasteiger partial charge in [0.25, 0.3) is 0 Å². The van der Waals surface area contributed by atoms with E-state index in [2.05, 4.69) is 54.5 Å². The molecule has 0 radical (unpaired) electrons. The molecular weight excluding hydrogens is 752 g/mol. The molecule has 0 aromatic heterocycles. The summed E-state index contributed by atoms with van der Waals surface area (Å²) in [4.78, 5) is 25.2. The van der Waals surface area contributed by atoms with Gasteiger partial charge in [-0.1, -0.05) is 60.1 Å². The molecule has 2 saturated heterocycles. The van der Waals surface area contributed by atoms with Crippen molar-refractivity contribution in [3.05, 3.63) is 11.6 Å². The highest BCUT2D eigenvalue weighted by molar-refractivity contribution is 5.76. The Bertz CT molecular complexity index is 1600. The number of methoxy groups -OCH3 is 2. The molecule has 7 aliphatic rings. The summed E-state index contributed by atoms with van der Waals surface area (Å²) in [5, 5.41) is 64.9. The number of aliphatic hydroxyl groups excluding tert-OH is 6. The minimum atomic E-state index is -1.89. The molecule has 0 bridgehead atoms. The van der Waals surface area contributed by atoms with Gasteiger partial charge in [0.1, 0.15) is 36.6 Å². The van der Waals surface area contributed by atoms with E-state index in [1.807, 2.05) is 0 Å². The van der Waals surface area contributed by atoms with Gasteiger partial charge in [-0.2, -0.15) is 0 Å². The van der Waals surface area contributed by atoms with E-state index in [4.69, 9.17) is 28.4 Å². The maximum atomic E-state index is 12.8. The number of carbonyl (C=O) groups excluding carboxylic acids is 2. The van der Waals surface area contributed by atoms with Gasteiger partial charge in [-0.25, -0.2) is 9.59 Å². The van der Waals surface area contributed by atoms with Crippen molar-refractivity contribution in [1.29, 1.82) is 0 Å². The van der Waals surface area contributed by atoms with Crippen LogP contribution in [0.1, 0.15) is 113 Å². The summed E-state index contributed by atoms with van der Waals surface area (Å²) < 4.78 is 34.0. The van der Waals surface area contributed by atoms with Gasteiger partial charge >= 0.3 is 11.9 Å². The van der Waals surface area contributed by atoms with Crippen LogP contribution in [-0.2, 0) is 38.0 Å². The van der Waals surface area contributed by atoms with Crippen molar-refractivity contribution >= 4 is 11.9 Å². The number of aliphatic hydroxyl groups is 6. The van der Waals surface area contributed by atoms with Crippen LogP contribution in [0.15, 0.2) is 11.6 Å². The molecular formula is C44H70O14. The third kappa shape index (κ3) is 6.64. The van der Waals surface area contributed by atoms with E-state index in [-0.39, 0.29) is 39.6 Å². The van der Waals surface area contributed by atoms with Crippen molar-refractivity contribution in [3.8, 4) is 0 Å². The zero-order valence-electron chi connectivity index (χ0n) is 35.9. The van der Waals surface area contributed by atoms with Gasteiger partial charge in [0, 0.05) is 6.61 Å². The topological polar surface area (TPSA) is 211 Å². The van der Waals surface area contributed by atoms with Crippen LogP contribution in [0.4, 0.5) is 0 Å². The minimum Gasteiger partial charge on any atom is -0.467 e. The van der Waals surface area contributed by atoms with Crippen LogP contribution < -0.4 is 0 Å². The van der Waals surface area contributed by atoms with E-state index < -0.39 is 84.9 Å². The molecule has 4 saturated carbocycles. The summed E-state index contributed by atoms with van der Waals surface area (Å²) in [6.45, 7) is 16.9. The van der Waals surface area contributed by atoms with E-state index >= 15 is 0 Å². The van der Waals surface area contributed by atoms with Gasteiger partial charge in [0.15, 0.2) is 24.8 Å². The van der Waals surface area contributed by atoms with Crippen molar-refractivity contribution in [2.75, 3.05) is 20.8 Å². The van der Waals surface area contributed by atoms with Crippen LogP contribution in [0.2, 0.25) is 0 Å². The van der Waals surface area contributed by atoms with Gasteiger partial charge in [0.05, 0.1) is 20.3 Å². The maximum absolute atomic E-state index is 12.8. The van der Waals surface area contributed by atoms with E-state index in [9.17, 15) is 40.2 Å². The zero-order chi connectivity index (χ0) is 42.5. The average molecular weight is 823 g/mol. The molecule has 0 spiro atoms. The van der Waals surface area contributed by atoms with E-state index in [0.717, 1.165) is 65.6 Å². The second-order valence-corrected chi connectivity index (χ2v) is 21.1. The van der Waals surface area contributed by atoms with Gasteiger partial charge in [-0.15, -0.1) is 0 Å². The Morgan fingerprint density at radius 2 is 1.31 bits per heavy atom. The second-order valence-electron chi connectivity index (χ2n) is 21.1. The fourth-order valence-electron chi connectivity index (χ4n) is 13.8. The van der Waals surface area contributed by atoms with Crippen LogP contribution in [-0.4, -0.2) is 131 Å². The molecule has 0 aromatic rings. The number of esters is 2. The summed E-state index contributed by atoms with van der Waals surface area (Å²) in [5.41, 5.74) is 1.47. The van der Waals surface area contributed by atoms with Crippen LogP contribution >= 0.6 is 0 Å². The third-order valence-electron chi connectivity index (χ3n) is 17.8. The molecule has 0 aromatic carbocycles. The van der Waals surface area contributed by atoms with Crippen molar-refractivity contribution in [2.24, 2.45) is 50.2 Å². The average Bonchev–Trinajstić information content (AvgIpc) is 3.18. The number of hydrogen-bond acceptors (Lipinski definition) is 14. The SMILES string of the molecule is COC(=O)[C@H]1O[C@@H](O[C@H]2[C@H](O[C@H]3CC[C@]4(C)[C@H]5CC=C6[C@@H]7C[C@@](C)(CO)CC[C@]7(C)CC[C@@]6(C)[C@]5(C)CC[C@H]4C3(C)C)O[C@H](C(=O)OC)[C@@H](O)[C@@H]2O)[C@H](O)[C@@H](O)[C@@H]1O. The van der Waals surface area contributed by atoms with Crippen molar-refractivity contribution < 1.29 is 68.6 Å². The Morgan fingerprint density at radius 1 is 0.707 bits per heavy atom. The molecule has 5 aliphatic carbocycles. The normalized spacial score (nSPS) is 52.5. The molecule has 0 unspecified atom stereocenters. The number of fused-ring (bicyclic) bond motifs is 7. The first-order chi connectivity index (χ1) is 27.1. The summed E-state index contributed by atoms with van der Waals surface area (Å²) >= 11 is 0. The van der Waals surface area contributed by atoms with Crippen molar-refractivity contribution in [3.63, 3.8) is 0 Å².